The normalized spacial score (nSPS) is 11.0. The van der Waals surface area contributed by atoms with Crippen LogP contribution in [-0.2, 0) is 11.2 Å². The molecule has 0 unspecified atom stereocenters. The Kier molecular flexibility index (Phi) is 5.03. The van der Waals surface area contributed by atoms with Gasteiger partial charge in [0.2, 0.25) is 5.91 Å². The number of aromatic nitrogens is 3. The number of benzene rings is 1. The number of nitrogens with zero attached hydrogens (tertiary/aromatic N) is 3. The third-order valence-corrected chi connectivity index (χ3v) is 4.92. The molecule has 0 aliphatic heterocycles. The molecular weight excluding hydrogens is 368 g/mol. The van der Waals surface area contributed by atoms with Crippen molar-refractivity contribution in [2.75, 3.05) is 12.4 Å². The standard InChI is InChI=1S/C22H22N4O3/c1-14-17(15(2)29-25-14)8-10-22(27)24-18-12-16(7-9-20(18)28-3)19-13-26-11-5-4-6-21(26)23-19/h4-7,9,11-13H,8,10H2,1-3H3,(H,24,27). The Bertz CT molecular complexity index is 1120. The number of hydrogen-bond acceptors (Lipinski definition) is 5. The van der Waals surface area contributed by atoms with Crippen molar-refractivity contribution in [1.82, 2.24) is 14.5 Å². The summed E-state index contributed by atoms with van der Waals surface area (Å²) in [5.41, 5.74) is 5.00. The Morgan fingerprint density at radius 2 is 2.10 bits per heavy atom. The first-order chi connectivity index (χ1) is 14.0. The van der Waals surface area contributed by atoms with Gasteiger partial charge in [0.05, 0.1) is 24.2 Å². The van der Waals surface area contributed by atoms with Crippen LogP contribution in [0.5, 0.6) is 5.75 Å². The lowest BCUT2D eigenvalue weighted by Gasteiger charge is -2.11. The molecule has 0 spiro atoms. The lowest BCUT2D eigenvalue weighted by atomic mass is 10.1. The largest absolute Gasteiger partial charge is 0.495 e. The molecule has 0 aliphatic carbocycles. The predicted octanol–water partition coefficient (Wildman–Crippen LogP) is 4.19. The van der Waals surface area contributed by atoms with Gasteiger partial charge in [-0.3, -0.25) is 4.79 Å². The topological polar surface area (TPSA) is 81.7 Å². The maximum absolute atomic E-state index is 12.5. The molecule has 4 rings (SSSR count). The summed E-state index contributed by atoms with van der Waals surface area (Å²) in [6.45, 7) is 3.74. The van der Waals surface area contributed by atoms with E-state index in [0.29, 0.717) is 24.3 Å². The predicted molar refractivity (Wildman–Crippen MR) is 110 cm³/mol. The zero-order chi connectivity index (χ0) is 20.4. The van der Waals surface area contributed by atoms with Crippen LogP contribution < -0.4 is 10.1 Å². The van der Waals surface area contributed by atoms with Crippen LogP contribution in [-0.4, -0.2) is 27.6 Å². The number of rotatable bonds is 6. The summed E-state index contributed by atoms with van der Waals surface area (Å²) in [6, 6.07) is 11.5. The number of carbonyl (C=O) groups excluding carboxylic acids is 1. The number of ether oxygens (including phenoxy) is 1. The minimum absolute atomic E-state index is 0.101. The molecule has 0 bridgehead atoms. The summed E-state index contributed by atoms with van der Waals surface area (Å²) >= 11 is 0. The highest BCUT2D eigenvalue weighted by atomic mass is 16.5. The maximum Gasteiger partial charge on any atom is 0.224 e. The highest BCUT2D eigenvalue weighted by Crippen LogP contribution is 2.30. The van der Waals surface area contributed by atoms with E-state index in [4.69, 9.17) is 9.26 Å². The minimum atomic E-state index is -0.101. The number of amides is 1. The van der Waals surface area contributed by atoms with Crippen LogP contribution in [0.3, 0.4) is 0 Å². The number of nitrogens with one attached hydrogen (secondary N) is 1. The lowest BCUT2D eigenvalue weighted by Crippen LogP contribution is -2.13. The summed E-state index contributed by atoms with van der Waals surface area (Å²) < 4.78 is 12.5. The average molecular weight is 390 g/mol. The lowest BCUT2D eigenvalue weighted by molar-refractivity contribution is -0.116. The van der Waals surface area contributed by atoms with Gasteiger partial charge in [-0.05, 0) is 50.6 Å². The van der Waals surface area contributed by atoms with Crippen LogP contribution in [0.1, 0.15) is 23.4 Å². The molecule has 148 valence electrons. The minimum Gasteiger partial charge on any atom is -0.495 e. The van der Waals surface area contributed by atoms with Gasteiger partial charge in [0.25, 0.3) is 0 Å². The number of anilines is 1. The fourth-order valence-electron chi connectivity index (χ4n) is 3.35. The summed E-state index contributed by atoms with van der Waals surface area (Å²) in [5, 5.41) is 6.89. The van der Waals surface area contributed by atoms with E-state index < -0.39 is 0 Å². The van der Waals surface area contributed by atoms with E-state index in [-0.39, 0.29) is 5.91 Å². The summed E-state index contributed by atoms with van der Waals surface area (Å²) in [5.74, 6) is 1.25. The average Bonchev–Trinajstić information content (AvgIpc) is 3.29. The molecule has 7 heteroatoms. The molecule has 0 saturated heterocycles. The van der Waals surface area contributed by atoms with Gasteiger partial charge in [0.1, 0.15) is 17.2 Å². The highest BCUT2D eigenvalue weighted by Gasteiger charge is 2.14. The monoisotopic (exact) mass is 390 g/mol. The molecule has 1 amide bonds. The number of fused-ring (bicyclic) bond motifs is 1. The summed E-state index contributed by atoms with van der Waals surface area (Å²) in [4.78, 5) is 17.2. The Hall–Kier alpha value is -3.61. The molecule has 3 heterocycles. The van der Waals surface area contributed by atoms with E-state index in [1.54, 1.807) is 7.11 Å². The van der Waals surface area contributed by atoms with E-state index in [0.717, 1.165) is 33.9 Å². The Morgan fingerprint density at radius 3 is 2.83 bits per heavy atom. The molecule has 1 N–H and O–H groups in total. The second-order valence-corrected chi connectivity index (χ2v) is 6.86. The van der Waals surface area contributed by atoms with E-state index in [1.807, 2.05) is 67.0 Å². The first-order valence-corrected chi connectivity index (χ1v) is 9.39. The molecular formula is C22H22N4O3. The van der Waals surface area contributed by atoms with Crippen LogP contribution in [0.25, 0.3) is 16.9 Å². The molecule has 7 nitrogen and oxygen atoms in total. The van der Waals surface area contributed by atoms with Crippen molar-refractivity contribution in [1.29, 1.82) is 0 Å². The molecule has 0 atom stereocenters. The molecule has 4 aromatic rings. The quantitative estimate of drug-likeness (QED) is 0.534. The molecule has 0 radical (unpaired) electrons. The highest BCUT2D eigenvalue weighted by molar-refractivity contribution is 5.93. The number of imidazole rings is 1. The van der Waals surface area contributed by atoms with Crippen LogP contribution in [0.2, 0.25) is 0 Å². The molecule has 29 heavy (non-hydrogen) atoms. The molecule has 0 saturated carbocycles. The smallest absolute Gasteiger partial charge is 0.224 e. The molecule has 1 aromatic carbocycles. The van der Waals surface area contributed by atoms with Gasteiger partial charge >= 0.3 is 0 Å². The number of hydrogen-bond donors (Lipinski definition) is 1. The van der Waals surface area contributed by atoms with E-state index in [9.17, 15) is 4.79 Å². The van der Waals surface area contributed by atoms with Gasteiger partial charge in [0.15, 0.2) is 0 Å². The van der Waals surface area contributed by atoms with Crippen molar-refractivity contribution in [2.24, 2.45) is 0 Å². The molecule has 0 aliphatic rings. The number of methoxy groups -OCH3 is 1. The van der Waals surface area contributed by atoms with Gasteiger partial charge < -0.3 is 19.0 Å². The second-order valence-electron chi connectivity index (χ2n) is 6.86. The van der Waals surface area contributed by atoms with Crippen molar-refractivity contribution in [3.8, 4) is 17.0 Å². The van der Waals surface area contributed by atoms with Crippen molar-refractivity contribution in [2.45, 2.75) is 26.7 Å². The van der Waals surface area contributed by atoms with Gasteiger partial charge in [-0.2, -0.15) is 0 Å². The SMILES string of the molecule is COc1ccc(-c2cn3ccccc3n2)cc1NC(=O)CCc1c(C)noc1C. The van der Waals surface area contributed by atoms with Gasteiger partial charge in [-0.25, -0.2) is 4.98 Å². The number of pyridine rings is 1. The Morgan fingerprint density at radius 1 is 1.24 bits per heavy atom. The maximum atomic E-state index is 12.5. The Balaban J connectivity index is 1.54. The molecule has 0 fully saturated rings. The Labute approximate surface area is 168 Å². The fourth-order valence-corrected chi connectivity index (χ4v) is 3.35. The van der Waals surface area contributed by atoms with Gasteiger partial charge in [-0.15, -0.1) is 0 Å². The third-order valence-electron chi connectivity index (χ3n) is 4.92. The second kappa shape index (κ2) is 7.79. The van der Waals surface area contributed by atoms with Crippen molar-refractivity contribution in [3.63, 3.8) is 0 Å². The van der Waals surface area contributed by atoms with E-state index >= 15 is 0 Å². The van der Waals surface area contributed by atoms with Crippen LogP contribution in [0, 0.1) is 13.8 Å². The third kappa shape index (κ3) is 3.85. The molecule has 3 aromatic heterocycles. The van der Waals surface area contributed by atoms with E-state index in [1.165, 1.54) is 0 Å². The van der Waals surface area contributed by atoms with Gasteiger partial charge in [-0.1, -0.05) is 11.2 Å². The first-order valence-electron chi connectivity index (χ1n) is 9.39. The van der Waals surface area contributed by atoms with E-state index in [2.05, 4.69) is 15.5 Å². The van der Waals surface area contributed by atoms with Crippen molar-refractivity contribution in [3.05, 3.63) is 65.8 Å². The zero-order valence-corrected chi connectivity index (χ0v) is 16.6. The van der Waals surface area contributed by atoms with Crippen LogP contribution in [0.15, 0.2) is 53.3 Å². The summed E-state index contributed by atoms with van der Waals surface area (Å²) in [6.07, 6.45) is 4.80. The van der Waals surface area contributed by atoms with Crippen molar-refractivity contribution < 1.29 is 14.1 Å². The number of carbonyl (C=O) groups is 1. The van der Waals surface area contributed by atoms with Crippen LogP contribution >= 0.6 is 0 Å². The fraction of sp³-hybridized carbons (Fsp3) is 0.227. The first kappa shape index (κ1) is 18.7. The zero-order valence-electron chi connectivity index (χ0n) is 16.6. The van der Waals surface area contributed by atoms with Crippen LogP contribution in [0.4, 0.5) is 5.69 Å². The number of aryl methyl sites for hydroxylation is 2. The van der Waals surface area contributed by atoms with Gasteiger partial charge in [0, 0.05) is 29.9 Å². The van der Waals surface area contributed by atoms with Crippen molar-refractivity contribution >= 4 is 17.2 Å². The summed E-state index contributed by atoms with van der Waals surface area (Å²) in [7, 11) is 1.58.